The van der Waals surface area contributed by atoms with Crippen LogP contribution in [0.5, 0.6) is 0 Å². The summed E-state index contributed by atoms with van der Waals surface area (Å²) in [6.45, 7) is 2.20. The SMILES string of the molecule is Cc1ccc(S[C@@H]2O[C@@H]3COC(c4ccccc4)O[C@@H]3[C@H](OC(=O)CCl)[C@H]2OC(=O)c2ccccc2)cc1. The summed E-state index contributed by atoms with van der Waals surface area (Å²) in [7, 11) is 0. The predicted molar refractivity (Wildman–Crippen MR) is 142 cm³/mol. The number of hydrogen-bond donors (Lipinski definition) is 0. The quantitative estimate of drug-likeness (QED) is 0.287. The van der Waals surface area contributed by atoms with Gasteiger partial charge in [-0.1, -0.05) is 78.0 Å². The van der Waals surface area contributed by atoms with Gasteiger partial charge in [-0.25, -0.2) is 4.79 Å². The first-order valence-corrected chi connectivity index (χ1v) is 13.7. The Morgan fingerprint density at radius 3 is 2.26 bits per heavy atom. The standard InChI is InChI=1S/C29H27ClO7S/c1-18-12-14-21(15-13-18)38-29-26(36-27(32)19-8-4-2-5-9-19)25(35-23(31)16-30)24-22(34-29)17-33-28(37-24)20-10-6-3-7-11-20/h2-15,22,24-26,28-29H,16-17H2,1H3/t22-,24+,25+,26-,28?,29+/m1/s1. The van der Waals surface area contributed by atoms with E-state index < -0.39 is 48.1 Å². The highest BCUT2D eigenvalue weighted by molar-refractivity contribution is 7.99. The fraction of sp³-hybridized carbons (Fsp3) is 0.310. The number of alkyl halides is 1. The number of esters is 2. The Bertz CT molecular complexity index is 1220. The van der Waals surface area contributed by atoms with Crippen molar-refractivity contribution in [2.45, 2.75) is 48.0 Å². The maximum Gasteiger partial charge on any atom is 0.338 e. The van der Waals surface area contributed by atoms with Crippen LogP contribution in [0.4, 0.5) is 0 Å². The van der Waals surface area contributed by atoms with E-state index in [9.17, 15) is 9.59 Å². The lowest BCUT2D eigenvalue weighted by molar-refractivity contribution is -0.319. The maximum atomic E-state index is 13.2. The van der Waals surface area contributed by atoms with Crippen molar-refractivity contribution < 1.29 is 33.3 Å². The van der Waals surface area contributed by atoms with Gasteiger partial charge in [0.1, 0.15) is 23.5 Å². The van der Waals surface area contributed by atoms with E-state index in [0.717, 1.165) is 16.0 Å². The molecule has 2 heterocycles. The molecule has 2 fully saturated rings. The lowest BCUT2D eigenvalue weighted by Gasteiger charge is -2.48. The smallest absolute Gasteiger partial charge is 0.338 e. The Morgan fingerprint density at radius 2 is 1.58 bits per heavy atom. The summed E-state index contributed by atoms with van der Waals surface area (Å²) in [5, 5.41) is 0. The van der Waals surface area contributed by atoms with Crippen molar-refractivity contribution in [2.24, 2.45) is 0 Å². The van der Waals surface area contributed by atoms with Gasteiger partial charge in [0.15, 0.2) is 18.5 Å². The molecule has 0 spiro atoms. The summed E-state index contributed by atoms with van der Waals surface area (Å²) in [6.07, 6.45) is -4.00. The third-order valence-corrected chi connectivity index (χ3v) is 7.63. The zero-order valence-corrected chi connectivity index (χ0v) is 22.2. The molecular weight excluding hydrogens is 528 g/mol. The van der Waals surface area contributed by atoms with Crippen molar-refractivity contribution in [1.82, 2.24) is 0 Å². The van der Waals surface area contributed by atoms with Gasteiger partial charge in [0.25, 0.3) is 0 Å². The number of rotatable bonds is 7. The molecule has 3 aromatic rings. The molecule has 0 amide bonds. The molecule has 0 radical (unpaired) electrons. The monoisotopic (exact) mass is 554 g/mol. The van der Waals surface area contributed by atoms with Gasteiger partial charge in [0.2, 0.25) is 0 Å². The van der Waals surface area contributed by atoms with E-state index in [0.29, 0.717) is 5.56 Å². The first-order valence-electron chi connectivity index (χ1n) is 12.2. The van der Waals surface area contributed by atoms with Crippen molar-refractivity contribution in [3.8, 4) is 0 Å². The minimum absolute atomic E-state index is 0.198. The van der Waals surface area contributed by atoms with Crippen LogP contribution in [-0.2, 0) is 28.5 Å². The third kappa shape index (κ3) is 6.22. The molecule has 2 aliphatic heterocycles. The minimum Gasteiger partial charge on any atom is -0.454 e. The van der Waals surface area contributed by atoms with Crippen LogP contribution < -0.4 is 0 Å². The largest absolute Gasteiger partial charge is 0.454 e. The second kappa shape index (κ2) is 12.3. The van der Waals surface area contributed by atoms with Crippen molar-refractivity contribution >= 4 is 35.3 Å². The summed E-state index contributed by atoms with van der Waals surface area (Å²) < 4.78 is 30.5. The molecule has 0 aromatic heterocycles. The summed E-state index contributed by atoms with van der Waals surface area (Å²) >= 11 is 7.19. The van der Waals surface area contributed by atoms with Gasteiger partial charge in [-0.2, -0.15) is 0 Å². The second-order valence-electron chi connectivity index (χ2n) is 8.97. The lowest BCUT2D eigenvalue weighted by Crippen LogP contribution is -2.63. The Morgan fingerprint density at radius 1 is 0.895 bits per heavy atom. The van der Waals surface area contributed by atoms with Crippen LogP contribution in [0.15, 0.2) is 89.8 Å². The van der Waals surface area contributed by atoms with Crippen molar-refractivity contribution in [3.05, 3.63) is 102 Å². The number of halogens is 1. The van der Waals surface area contributed by atoms with Crippen LogP contribution in [0.3, 0.4) is 0 Å². The van der Waals surface area contributed by atoms with E-state index in [-0.39, 0.29) is 12.5 Å². The number of carbonyl (C=O) groups excluding carboxylic acids is 2. The number of ether oxygens (including phenoxy) is 5. The fourth-order valence-corrected chi connectivity index (χ4v) is 5.55. The molecule has 1 unspecified atom stereocenters. The van der Waals surface area contributed by atoms with Crippen molar-refractivity contribution in [3.63, 3.8) is 0 Å². The molecule has 7 nitrogen and oxygen atoms in total. The summed E-state index contributed by atoms with van der Waals surface area (Å²) in [6, 6.07) is 26.0. The van der Waals surface area contributed by atoms with Crippen LogP contribution in [0.2, 0.25) is 0 Å². The number of hydrogen-bond acceptors (Lipinski definition) is 8. The summed E-state index contributed by atoms with van der Waals surface area (Å²) in [5.74, 6) is -1.57. The Kier molecular flexibility index (Phi) is 8.66. The molecule has 0 N–H and O–H groups in total. The van der Waals surface area contributed by atoms with Gasteiger partial charge < -0.3 is 23.7 Å². The van der Waals surface area contributed by atoms with Crippen LogP contribution in [0, 0.1) is 6.92 Å². The van der Waals surface area contributed by atoms with Gasteiger partial charge in [0.05, 0.1) is 12.2 Å². The van der Waals surface area contributed by atoms with Gasteiger partial charge in [-0.15, -0.1) is 11.6 Å². The number of aryl methyl sites for hydroxylation is 1. The molecule has 0 aliphatic carbocycles. The zero-order chi connectivity index (χ0) is 26.5. The van der Waals surface area contributed by atoms with E-state index in [1.165, 1.54) is 11.8 Å². The molecule has 2 aliphatic rings. The Hall–Kier alpha value is -2.88. The van der Waals surface area contributed by atoms with E-state index in [4.69, 9.17) is 35.3 Å². The van der Waals surface area contributed by atoms with E-state index in [2.05, 4.69) is 0 Å². The average molecular weight is 555 g/mol. The summed E-state index contributed by atoms with van der Waals surface area (Å²) in [5.41, 5.74) is 1.58. The molecule has 9 heteroatoms. The average Bonchev–Trinajstić information content (AvgIpc) is 2.96. The number of thioether (sulfide) groups is 1. The highest BCUT2D eigenvalue weighted by atomic mass is 35.5. The van der Waals surface area contributed by atoms with Crippen LogP contribution in [0.1, 0.15) is 27.8 Å². The van der Waals surface area contributed by atoms with E-state index in [1.54, 1.807) is 24.3 Å². The molecular formula is C29H27ClO7S. The van der Waals surface area contributed by atoms with Crippen molar-refractivity contribution in [2.75, 3.05) is 12.5 Å². The molecule has 5 rings (SSSR count). The van der Waals surface area contributed by atoms with Crippen LogP contribution >= 0.6 is 23.4 Å². The zero-order valence-electron chi connectivity index (χ0n) is 20.6. The number of carbonyl (C=O) groups is 2. The summed E-state index contributed by atoms with van der Waals surface area (Å²) in [4.78, 5) is 26.6. The highest BCUT2D eigenvalue weighted by Crippen LogP contribution is 2.41. The molecule has 3 aromatic carbocycles. The third-order valence-electron chi connectivity index (χ3n) is 6.26. The van der Waals surface area contributed by atoms with Crippen LogP contribution in [0.25, 0.3) is 0 Å². The first-order chi connectivity index (χ1) is 18.5. The number of benzene rings is 3. The molecule has 38 heavy (non-hydrogen) atoms. The number of fused-ring (bicyclic) bond motifs is 1. The highest BCUT2D eigenvalue weighted by Gasteiger charge is 2.54. The molecule has 2 saturated heterocycles. The normalized spacial score (nSPS) is 26.7. The van der Waals surface area contributed by atoms with Gasteiger partial charge in [0, 0.05) is 10.5 Å². The Balaban J connectivity index is 1.47. The van der Waals surface area contributed by atoms with Gasteiger partial charge in [-0.3, -0.25) is 4.79 Å². The van der Waals surface area contributed by atoms with E-state index >= 15 is 0 Å². The van der Waals surface area contributed by atoms with Gasteiger partial charge >= 0.3 is 11.9 Å². The molecule has 0 saturated carbocycles. The second-order valence-corrected chi connectivity index (χ2v) is 10.4. The lowest BCUT2D eigenvalue weighted by atomic mass is 9.98. The molecule has 198 valence electrons. The topological polar surface area (TPSA) is 80.3 Å². The fourth-order valence-electron chi connectivity index (χ4n) is 4.38. The van der Waals surface area contributed by atoms with Crippen LogP contribution in [-0.4, -0.2) is 54.3 Å². The maximum absolute atomic E-state index is 13.2. The predicted octanol–water partition coefficient (Wildman–Crippen LogP) is 5.30. The minimum atomic E-state index is -0.989. The Labute approximate surface area is 230 Å². The molecule has 0 bridgehead atoms. The van der Waals surface area contributed by atoms with Crippen molar-refractivity contribution in [1.29, 1.82) is 0 Å². The van der Waals surface area contributed by atoms with E-state index in [1.807, 2.05) is 67.6 Å². The first kappa shape index (κ1) is 26.7. The molecule has 6 atom stereocenters. The van der Waals surface area contributed by atoms with Gasteiger partial charge in [-0.05, 0) is 31.2 Å².